The minimum atomic E-state index is -1.64. The average Bonchev–Trinajstić information content (AvgIpc) is 3.23. The monoisotopic (exact) mass is 446 g/mol. The number of nitrogen functional groups attached to an aromatic ring is 1. The Kier molecular flexibility index (Phi) is 5.38. The molecule has 8 heteroatoms. The van der Waals surface area contributed by atoms with Crippen LogP contribution < -0.4 is 5.73 Å². The van der Waals surface area contributed by atoms with Crippen molar-refractivity contribution in [3.8, 4) is 23.0 Å². The molecule has 1 aliphatic rings. The highest BCUT2D eigenvalue weighted by Crippen LogP contribution is 2.29. The molecule has 1 saturated heterocycles. The molecule has 1 amide bonds. The van der Waals surface area contributed by atoms with Crippen LogP contribution in [0.1, 0.15) is 32.8 Å². The van der Waals surface area contributed by atoms with Crippen molar-refractivity contribution in [3.05, 3.63) is 48.0 Å². The van der Waals surface area contributed by atoms with Gasteiger partial charge in [-0.3, -0.25) is 4.79 Å². The maximum atomic E-state index is 12.5. The lowest BCUT2D eigenvalue weighted by atomic mass is 10.00. The molecule has 1 aromatic heterocycles. The fraction of sp³-hybridized carbons (Fsp3) is 0.320. The molecular weight excluding hydrogens is 420 g/mol. The Balaban J connectivity index is 1.66. The zero-order valence-electron chi connectivity index (χ0n) is 19.0. The molecule has 1 unspecified atom stereocenters. The minimum absolute atomic E-state index is 0.222. The van der Waals surface area contributed by atoms with E-state index in [2.05, 4.69) is 16.9 Å². The number of hydrogen-bond acceptors (Lipinski definition) is 6. The smallest absolute Gasteiger partial charge is 0.435 e. The Labute approximate surface area is 191 Å². The zero-order valence-corrected chi connectivity index (χ0v) is 19.0. The van der Waals surface area contributed by atoms with Crippen LogP contribution in [-0.4, -0.2) is 56.6 Å². The molecule has 1 atom stereocenters. The van der Waals surface area contributed by atoms with Gasteiger partial charge in [0.2, 0.25) is 5.60 Å². The van der Waals surface area contributed by atoms with Crippen LogP contribution in [0.15, 0.2) is 42.5 Å². The van der Waals surface area contributed by atoms with E-state index in [4.69, 9.17) is 10.5 Å². The van der Waals surface area contributed by atoms with E-state index in [-0.39, 0.29) is 18.1 Å². The quantitative estimate of drug-likeness (QED) is 0.556. The SMILES string of the molecule is CN1CCC(O)(C#Cc2cccc(-c3ccc4c(c3)c(N)nn4C(=O)OC(C)(C)C)c2)C1=O. The van der Waals surface area contributed by atoms with Gasteiger partial charge in [-0.05, 0) is 56.2 Å². The molecule has 1 aliphatic heterocycles. The number of carbonyl (C=O) groups is 2. The third kappa shape index (κ3) is 4.41. The highest BCUT2D eigenvalue weighted by molar-refractivity contribution is 5.97. The van der Waals surface area contributed by atoms with Gasteiger partial charge in [0.1, 0.15) is 5.60 Å². The first-order chi connectivity index (χ1) is 15.5. The number of aliphatic hydroxyl groups is 1. The van der Waals surface area contributed by atoms with Gasteiger partial charge in [-0.1, -0.05) is 30.0 Å². The second-order valence-corrected chi connectivity index (χ2v) is 9.18. The van der Waals surface area contributed by atoms with E-state index in [1.165, 1.54) is 4.90 Å². The molecule has 8 nitrogen and oxygen atoms in total. The second kappa shape index (κ2) is 7.94. The van der Waals surface area contributed by atoms with Crippen molar-refractivity contribution < 1.29 is 19.4 Å². The average molecular weight is 447 g/mol. The van der Waals surface area contributed by atoms with E-state index in [1.54, 1.807) is 33.9 Å². The molecule has 0 saturated carbocycles. The number of benzene rings is 2. The zero-order chi connectivity index (χ0) is 24.0. The summed E-state index contributed by atoms with van der Waals surface area (Å²) in [4.78, 5) is 26.1. The van der Waals surface area contributed by atoms with Gasteiger partial charge in [-0.2, -0.15) is 4.68 Å². The lowest BCUT2D eigenvalue weighted by molar-refractivity contribution is -0.137. The van der Waals surface area contributed by atoms with Gasteiger partial charge in [-0.15, -0.1) is 5.10 Å². The Morgan fingerprint density at radius 1 is 1.21 bits per heavy atom. The van der Waals surface area contributed by atoms with Gasteiger partial charge in [0.05, 0.1) is 5.52 Å². The van der Waals surface area contributed by atoms with E-state index < -0.39 is 17.3 Å². The summed E-state index contributed by atoms with van der Waals surface area (Å²) in [6.07, 6.45) is -0.314. The van der Waals surface area contributed by atoms with Crippen LogP contribution in [0.25, 0.3) is 22.0 Å². The molecule has 2 heterocycles. The lowest BCUT2D eigenvalue weighted by Gasteiger charge is -2.19. The molecule has 33 heavy (non-hydrogen) atoms. The normalized spacial score (nSPS) is 18.3. The van der Waals surface area contributed by atoms with Crippen LogP contribution in [0, 0.1) is 11.8 Å². The van der Waals surface area contributed by atoms with Crippen LogP contribution in [0.5, 0.6) is 0 Å². The molecule has 3 N–H and O–H groups in total. The number of nitrogens with two attached hydrogens (primary N) is 1. The first kappa shape index (κ1) is 22.4. The number of likely N-dealkylation sites (N-methyl/N-ethyl adjacent to an activating group) is 1. The van der Waals surface area contributed by atoms with Crippen LogP contribution in [-0.2, 0) is 9.53 Å². The molecule has 3 aromatic rings. The van der Waals surface area contributed by atoms with Crippen molar-refractivity contribution in [3.63, 3.8) is 0 Å². The van der Waals surface area contributed by atoms with Crippen molar-refractivity contribution in [1.82, 2.24) is 14.7 Å². The van der Waals surface area contributed by atoms with Gasteiger partial charge in [0.15, 0.2) is 5.82 Å². The highest BCUT2D eigenvalue weighted by Gasteiger charge is 2.42. The van der Waals surface area contributed by atoms with Gasteiger partial charge < -0.3 is 20.5 Å². The van der Waals surface area contributed by atoms with E-state index in [9.17, 15) is 14.7 Å². The fourth-order valence-corrected chi connectivity index (χ4v) is 3.69. The van der Waals surface area contributed by atoms with Crippen molar-refractivity contribution in [2.45, 2.75) is 38.4 Å². The summed E-state index contributed by atoms with van der Waals surface area (Å²) in [6.45, 7) is 5.83. The largest absolute Gasteiger partial charge is 0.442 e. The molecular formula is C25H26N4O4. The minimum Gasteiger partial charge on any atom is -0.442 e. The van der Waals surface area contributed by atoms with Crippen molar-refractivity contribution in [2.75, 3.05) is 19.3 Å². The molecule has 0 aliphatic carbocycles. The predicted octanol–water partition coefficient (Wildman–Crippen LogP) is 3.01. The Morgan fingerprint density at radius 3 is 2.61 bits per heavy atom. The summed E-state index contributed by atoms with van der Waals surface area (Å²) in [6, 6.07) is 12.9. The maximum absolute atomic E-state index is 12.5. The highest BCUT2D eigenvalue weighted by atomic mass is 16.6. The number of nitrogens with zero attached hydrogens (tertiary/aromatic N) is 3. The third-order valence-corrected chi connectivity index (χ3v) is 5.39. The topological polar surface area (TPSA) is 111 Å². The Morgan fingerprint density at radius 2 is 1.94 bits per heavy atom. The first-order valence-electron chi connectivity index (χ1n) is 10.6. The molecule has 1 fully saturated rings. The van der Waals surface area contributed by atoms with Crippen LogP contribution in [0.3, 0.4) is 0 Å². The number of anilines is 1. The molecule has 0 radical (unpaired) electrons. The lowest BCUT2D eigenvalue weighted by Crippen LogP contribution is -2.37. The predicted molar refractivity (Wildman–Crippen MR) is 125 cm³/mol. The van der Waals surface area contributed by atoms with E-state index in [1.807, 2.05) is 36.4 Å². The van der Waals surface area contributed by atoms with Gasteiger partial charge in [-0.25, -0.2) is 4.79 Å². The standard InChI is InChI=1S/C25H26N4O4/c1-24(2,3)33-23(31)29-20-9-8-18(15-19(20)21(26)27-29)17-7-5-6-16(14-17)10-11-25(32)12-13-28(4)22(25)30/h5-9,14-15,32H,12-13H2,1-4H3,(H2,26,27). The number of hydrogen-bond donors (Lipinski definition) is 2. The summed E-state index contributed by atoms with van der Waals surface area (Å²) in [5.41, 5.74) is 6.73. The number of amides is 1. The van der Waals surface area contributed by atoms with Crippen molar-refractivity contribution in [2.24, 2.45) is 0 Å². The molecule has 0 spiro atoms. The van der Waals surface area contributed by atoms with Crippen LogP contribution >= 0.6 is 0 Å². The number of carbonyl (C=O) groups excluding carboxylic acids is 2. The van der Waals surface area contributed by atoms with Crippen molar-refractivity contribution >= 4 is 28.7 Å². The third-order valence-electron chi connectivity index (χ3n) is 5.39. The van der Waals surface area contributed by atoms with Crippen LogP contribution in [0.2, 0.25) is 0 Å². The summed E-state index contributed by atoms with van der Waals surface area (Å²) < 4.78 is 6.58. The van der Waals surface area contributed by atoms with E-state index in [0.717, 1.165) is 15.8 Å². The van der Waals surface area contributed by atoms with Crippen molar-refractivity contribution in [1.29, 1.82) is 0 Å². The number of ether oxygens (including phenoxy) is 1. The summed E-state index contributed by atoms with van der Waals surface area (Å²) in [7, 11) is 1.65. The van der Waals surface area contributed by atoms with Gasteiger partial charge >= 0.3 is 6.09 Å². The second-order valence-electron chi connectivity index (χ2n) is 9.18. The number of likely N-dealkylation sites (tertiary alicyclic amines) is 1. The summed E-state index contributed by atoms with van der Waals surface area (Å²) in [5.74, 6) is 5.51. The fourth-order valence-electron chi connectivity index (χ4n) is 3.69. The number of fused-ring (bicyclic) bond motifs is 1. The van der Waals surface area contributed by atoms with Crippen LogP contribution in [0.4, 0.5) is 10.6 Å². The maximum Gasteiger partial charge on any atom is 0.435 e. The molecule has 2 aromatic carbocycles. The van der Waals surface area contributed by atoms with Gasteiger partial charge in [0, 0.05) is 31.0 Å². The summed E-state index contributed by atoms with van der Waals surface area (Å²) >= 11 is 0. The summed E-state index contributed by atoms with van der Waals surface area (Å²) in [5, 5.41) is 15.3. The molecule has 170 valence electrons. The molecule has 4 rings (SSSR count). The number of aromatic nitrogens is 2. The van der Waals surface area contributed by atoms with E-state index in [0.29, 0.717) is 23.0 Å². The molecule has 0 bridgehead atoms. The first-order valence-corrected chi connectivity index (χ1v) is 10.6. The Bertz CT molecular complexity index is 1330. The van der Waals surface area contributed by atoms with Gasteiger partial charge in [0.25, 0.3) is 5.91 Å². The number of rotatable bonds is 1. The van der Waals surface area contributed by atoms with E-state index >= 15 is 0 Å². The Hall–Kier alpha value is -3.83.